The lowest BCUT2D eigenvalue weighted by Gasteiger charge is -2.22. The third kappa shape index (κ3) is 1.90. The second-order valence-electron chi connectivity index (χ2n) is 2.87. The highest BCUT2D eigenvalue weighted by atomic mass is 16.3. The maximum atomic E-state index is 9.30. The lowest BCUT2D eigenvalue weighted by Crippen LogP contribution is -2.39. The summed E-state index contributed by atoms with van der Waals surface area (Å²) in [5.74, 6) is 0. The average molecular weight is 161 g/mol. The summed E-state index contributed by atoms with van der Waals surface area (Å²) in [6, 6.07) is -0.165. The first kappa shape index (κ1) is 8.93. The minimum atomic E-state index is -0.424. The van der Waals surface area contributed by atoms with Crippen LogP contribution >= 0.6 is 0 Å². The maximum Gasteiger partial charge on any atom is 0.0729 e. The SMILES string of the molecule is OCCN1CC[C@H](O)[C@@H]1CO. The van der Waals surface area contributed by atoms with Crippen molar-refractivity contribution in [3.05, 3.63) is 0 Å². The minimum Gasteiger partial charge on any atom is -0.395 e. The van der Waals surface area contributed by atoms with Crippen LogP contribution in [0.4, 0.5) is 0 Å². The summed E-state index contributed by atoms with van der Waals surface area (Å²) in [6.45, 7) is 1.37. The highest BCUT2D eigenvalue weighted by Crippen LogP contribution is 2.16. The molecule has 1 aliphatic heterocycles. The van der Waals surface area contributed by atoms with Gasteiger partial charge >= 0.3 is 0 Å². The fraction of sp³-hybridized carbons (Fsp3) is 1.00. The van der Waals surface area contributed by atoms with Crippen LogP contribution in [0.3, 0.4) is 0 Å². The monoisotopic (exact) mass is 161 g/mol. The molecule has 0 bridgehead atoms. The molecule has 3 N–H and O–H groups in total. The van der Waals surface area contributed by atoms with Crippen LogP contribution in [0.1, 0.15) is 6.42 Å². The molecule has 0 unspecified atom stereocenters. The summed E-state index contributed by atoms with van der Waals surface area (Å²) in [7, 11) is 0. The van der Waals surface area contributed by atoms with Crippen LogP contribution in [-0.4, -0.2) is 58.7 Å². The summed E-state index contributed by atoms with van der Waals surface area (Å²) in [5.41, 5.74) is 0. The maximum absolute atomic E-state index is 9.30. The number of β-amino-alcohol motifs (C(OH)–C–C–N with tert-alkyl or cyclic N) is 1. The molecule has 1 saturated heterocycles. The molecule has 66 valence electrons. The van der Waals surface area contributed by atoms with Crippen LogP contribution in [0.2, 0.25) is 0 Å². The van der Waals surface area contributed by atoms with Crippen LogP contribution in [-0.2, 0) is 0 Å². The van der Waals surface area contributed by atoms with E-state index in [9.17, 15) is 5.11 Å². The Balaban J connectivity index is 2.40. The van der Waals surface area contributed by atoms with Gasteiger partial charge in [-0.05, 0) is 6.42 Å². The molecule has 1 heterocycles. The number of nitrogens with zero attached hydrogens (tertiary/aromatic N) is 1. The van der Waals surface area contributed by atoms with Crippen molar-refractivity contribution < 1.29 is 15.3 Å². The lowest BCUT2D eigenvalue weighted by molar-refractivity contribution is 0.0636. The van der Waals surface area contributed by atoms with Gasteiger partial charge in [0.05, 0.1) is 25.4 Å². The molecule has 4 heteroatoms. The van der Waals surface area contributed by atoms with Gasteiger partial charge in [0.2, 0.25) is 0 Å². The van der Waals surface area contributed by atoms with E-state index in [4.69, 9.17) is 10.2 Å². The van der Waals surface area contributed by atoms with E-state index >= 15 is 0 Å². The first-order valence-corrected chi connectivity index (χ1v) is 3.93. The minimum absolute atomic E-state index is 0.0266. The van der Waals surface area contributed by atoms with Crippen molar-refractivity contribution in [2.24, 2.45) is 0 Å². The Morgan fingerprint density at radius 2 is 2.09 bits per heavy atom. The van der Waals surface area contributed by atoms with Gasteiger partial charge in [0.25, 0.3) is 0 Å². The number of hydrogen-bond donors (Lipinski definition) is 3. The molecule has 11 heavy (non-hydrogen) atoms. The van der Waals surface area contributed by atoms with Crippen molar-refractivity contribution in [1.29, 1.82) is 0 Å². The first-order chi connectivity index (χ1) is 5.29. The van der Waals surface area contributed by atoms with E-state index in [0.717, 1.165) is 6.54 Å². The van der Waals surface area contributed by atoms with Crippen LogP contribution in [0.15, 0.2) is 0 Å². The van der Waals surface area contributed by atoms with E-state index in [0.29, 0.717) is 13.0 Å². The lowest BCUT2D eigenvalue weighted by atomic mass is 10.2. The Morgan fingerprint density at radius 3 is 2.64 bits per heavy atom. The van der Waals surface area contributed by atoms with E-state index in [-0.39, 0.29) is 19.3 Å². The largest absolute Gasteiger partial charge is 0.395 e. The molecule has 4 nitrogen and oxygen atoms in total. The number of rotatable bonds is 3. The molecule has 1 rings (SSSR count). The normalized spacial score (nSPS) is 33.0. The Labute approximate surface area is 66.1 Å². The molecule has 0 aliphatic carbocycles. The molecule has 0 spiro atoms. The molecule has 0 aromatic heterocycles. The number of likely N-dealkylation sites (tertiary alicyclic amines) is 1. The quantitative estimate of drug-likeness (QED) is 0.467. The van der Waals surface area contributed by atoms with Gasteiger partial charge < -0.3 is 15.3 Å². The molecule has 0 saturated carbocycles. The first-order valence-electron chi connectivity index (χ1n) is 3.93. The van der Waals surface area contributed by atoms with E-state index in [1.165, 1.54) is 0 Å². The fourth-order valence-electron chi connectivity index (χ4n) is 1.54. The fourth-order valence-corrected chi connectivity index (χ4v) is 1.54. The second-order valence-corrected chi connectivity index (χ2v) is 2.87. The van der Waals surface area contributed by atoms with Crippen molar-refractivity contribution in [2.45, 2.75) is 18.6 Å². The number of aliphatic hydroxyl groups is 3. The van der Waals surface area contributed by atoms with Crippen LogP contribution < -0.4 is 0 Å². The van der Waals surface area contributed by atoms with Crippen molar-refractivity contribution >= 4 is 0 Å². The Hall–Kier alpha value is -0.160. The van der Waals surface area contributed by atoms with Gasteiger partial charge in [-0.3, -0.25) is 4.90 Å². The van der Waals surface area contributed by atoms with E-state index < -0.39 is 6.10 Å². The molecule has 1 aliphatic rings. The zero-order valence-corrected chi connectivity index (χ0v) is 6.48. The number of aliphatic hydroxyl groups excluding tert-OH is 3. The smallest absolute Gasteiger partial charge is 0.0729 e. The highest BCUT2D eigenvalue weighted by molar-refractivity contribution is 4.85. The van der Waals surface area contributed by atoms with Crippen molar-refractivity contribution in [2.75, 3.05) is 26.3 Å². The van der Waals surface area contributed by atoms with Gasteiger partial charge in [0, 0.05) is 13.1 Å². The molecular formula is C7H15NO3. The topological polar surface area (TPSA) is 63.9 Å². The standard InChI is InChI=1S/C7H15NO3/c9-4-3-8-2-1-7(11)6(8)5-10/h6-7,9-11H,1-5H2/t6-,7-/m0/s1. The third-order valence-corrected chi connectivity index (χ3v) is 2.20. The highest BCUT2D eigenvalue weighted by Gasteiger charge is 2.31. The van der Waals surface area contributed by atoms with Crippen molar-refractivity contribution in [3.8, 4) is 0 Å². The summed E-state index contributed by atoms with van der Waals surface area (Å²) in [6.07, 6.45) is 0.275. The van der Waals surface area contributed by atoms with Gasteiger partial charge in [-0.15, -0.1) is 0 Å². The van der Waals surface area contributed by atoms with Crippen LogP contribution in [0.25, 0.3) is 0 Å². The predicted molar refractivity (Wildman–Crippen MR) is 40.2 cm³/mol. The molecule has 0 radical (unpaired) electrons. The van der Waals surface area contributed by atoms with Crippen molar-refractivity contribution in [3.63, 3.8) is 0 Å². The molecular weight excluding hydrogens is 146 g/mol. The second kappa shape index (κ2) is 4.01. The molecule has 0 aromatic rings. The summed E-state index contributed by atoms with van der Waals surface area (Å²) < 4.78 is 0. The van der Waals surface area contributed by atoms with Gasteiger partial charge in [-0.25, -0.2) is 0 Å². The van der Waals surface area contributed by atoms with E-state index in [1.54, 1.807) is 0 Å². The zero-order chi connectivity index (χ0) is 8.27. The molecule has 1 fully saturated rings. The van der Waals surface area contributed by atoms with Crippen molar-refractivity contribution in [1.82, 2.24) is 4.90 Å². The Morgan fingerprint density at radius 1 is 1.36 bits per heavy atom. The predicted octanol–water partition coefficient (Wildman–Crippen LogP) is -1.59. The van der Waals surface area contributed by atoms with Gasteiger partial charge in [0.1, 0.15) is 0 Å². The van der Waals surface area contributed by atoms with E-state index in [1.807, 2.05) is 4.90 Å². The van der Waals surface area contributed by atoms with E-state index in [2.05, 4.69) is 0 Å². The molecule has 2 atom stereocenters. The summed E-state index contributed by atoms with van der Waals surface area (Å²) in [5, 5.41) is 26.8. The zero-order valence-electron chi connectivity index (χ0n) is 6.48. The molecule has 0 amide bonds. The summed E-state index contributed by atoms with van der Waals surface area (Å²) in [4.78, 5) is 1.91. The van der Waals surface area contributed by atoms with Gasteiger partial charge in [-0.2, -0.15) is 0 Å². The van der Waals surface area contributed by atoms with Gasteiger partial charge in [-0.1, -0.05) is 0 Å². The Bertz CT molecular complexity index is 118. The number of hydrogen-bond acceptors (Lipinski definition) is 4. The van der Waals surface area contributed by atoms with Gasteiger partial charge in [0.15, 0.2) is 0 Å². The average Bonchev–Trinajstić information content (AvgIpc) is 2.33. The van der Waals surface area contributed by atoms with Crippen LogP contribution in [0, 0.1) is 0 Å². The Kier molecular flexibility index (Phi) is 3.26. The third-order valence-electron chi connectivity index (χ3n) is 2.20. The molecule has 0 aromatic carbocycles. The summed E-state index contributed by atoms with van der Waals surface area (Å²) >= 11 is 0. The van der Waals surface area contributed by atoms with Crippen LogP contribution in [0.5, 0.6) is 0 Å².